The maximum absolute atomic E-state index is 5.82. The van der Waals surface area contributed by atoms with Crippen LogP contribution in [0.2, 0.25) is 5.02 Å². The van der Waals surface area contributed by atoms with Gasteiger partial charge >= 0.3 is 0 Å². The Bertz CT molecular complexity index is 373. The second-order valence-corrected chi connectivity index (χ2v) is 4.38. The van der Waals surface area contributed by atoms with Gasteiger partial charge in [0.05, 0.1) is 16.0 Å². The van der Waals surface area contributed by atoms with Gasteiger partial charge in [0.25, 0.3) is 0 Å². The summed E-state index contributed by atoms with van der Waals surface area (Å²) in [6.45, 7) is 3.55. The van der Waals surface area contributed by atoms with Crippen LogP contribution in [0.15, 0.2) is 16.7 Å². The molecule has 0 amide bonds. The molecule has 1 aromatic heterocycles. The normalized spacial score (nSPS) is 9.73. The lowest BCUT2D eigenvalue weighted by Crippen LogP contribution is -2.25. The molecule has 0 saturated heterocycles. The maximum atomic E-state index is 5.82. The molecule has 1 heterocycles. The van der Waals surface area contributed by atoms with Gasteiger partial charge in [0.15, 0.2) is 0 Å². The van der Waals surface area contributed by atoms with Crippen molar-refractivity contribution in [3.63, 3.8) is 0 Å². The van der Waals surface area contributed by atoms with Crippen molar-refractivity contribution >= 4 is 33.3 Å². The summed E-state index contributed by atoms with van der Waals surface area (Å²) >= 11 is 9.25. The van der Waals surface area contributed by atoms with Gasteiger partial charge in [0.2, 0.25) is 0 Å². The molecule has 0 atom stereocenters. The molecular weight excluding hydrogens is 275 g/mol. The molecule has 0 aromatic carbocycles. The Kier molecular flexibility index (Phi) is 4.93. The third-order valence-electron chi connectivity index (χ3n) is 1.86. The van der Waals surface area contributed by atoms with E-state index in [0.29, 0.717) is 11.6 Å². The van der Waals surface area contributed by atoms with Crippen molar-refractivity contribution < 1.29 is 0 Å². The number of terminal acetylenes is 1. The first-order chi connectivity index (χ1) is 7.19. The van der Waals surface area contributed by atoms with Gasteiger partial charge in [-0.1, -0.05) is 24.4 Å². The van der Waals surface area contributed by atoms with Crippen LogP contribution in [0.1, 0.15) is 13.3 Å². The number of aromatic nitrogens is 1. The molecule has 0 spiro atoms. The number of pyridine rings is 1. The zero-order valence-corrected chi connectivity index (χ0v) is 10.8. The van der Waals surface area contributed by atoms with Crippen LogP contribution in [0.3, 0.4) is 0 Å². The molecule has 80 valence electrons. The summed E-state index contributed by atoms with van der Waals surface area (Å²) < 4.78 is 0.874. The van der Waals surface area contributed by atoms with Crippen LogP contribution in [0.4, 0.5) is 5.82 Å². The molecule has 1 aromatic rings. The van der Waals surface area contributed by atoms with Crippen molar-refractivity contribution in [2.45, 2.75) is 13.3 Å². The van der Waals surface area contributed by atoms with Gasteiger partial charge in [-0.2, -0.15) is 0 Å². The first kappa shape index (κ1) is 12.4. The quantitative estimate of drug-likeness (QED) is 0.790. The van der Waals surface area contributed by atoms with Gasteiger partial charge in [0, 0.05) is 12.7 Å². The first-order valence-electron chi connectivity index (χ1n) is 4.68. The van der Waals surface area contributed by atoms with Gasteiger partial charge in [-0.25, -0.2) is 4.98 Å². The second-order valence-electron chi connectivity index (χ2n) is 3.08. The van der Waals surface area contributed by atoms with Crippen molar-refractivity contribution in [1.82, 2.24) is 4.98 Å². The van der Waals surface area contributed by atoms with Crippen molar-refractivity contribution in [2.24, 2.45) is 0 Å². The summed E-state index contributed by atoms with van der Waals surface area (Å²) in [6, 6.07) is 1.82. The van der Waals surface area contributed by atoms with E-state index in [4.69, 9.17) is 18.0 Å². The Hall–Kier alpha value is -0.720. The van der Waals surface area contributed by atoms with Crippen molar-refractivity contribution in [3.8, 4) is 12.3 Å². The monoisotopic (exact) mass is 286 g/mol. The fourth-order valence-corrected chi connectivity index (χ4v) is 2.17. The Morgan fingerprint density at radius 3 is 2.93 bits per heavy atom. The lowest BCUT2D eigenvalue weighted by Gasteiger charge is -2.21. The van der Waals surface area contributed by atoms with E-state index in [2.05, 4.69) is 33.8 Å². The fraction of sp³-hybridized carbons (Fsp3) is 0.364. The van der Waals surface area contributed by atoms with Crippen LogP contribution in [0.25, 0.3) is 0 Å². The van der Waals surface area contributed by atoms with E-state index in [1.807, 2.05) is 11.0 Å². The third kappa shape index (κ3) is 3.40. The molecule has 0 aliphatic carbocycles. The van der Waals surface area contributed by atoms with E-state index >= 15 is 0 Å². The van der Waals surface area contributed by atoms with Crippen LogP contribution >= 0.6 is 27.5 Å². The largest absolute Gasteiger partial charge is 0.345 e. The average molecular weight is 288 g/mol. The summed E-state index contributed by atoms with van der Waals surface area (Å²) in [5.74, 6) is 3.47. The van der Waals surface area contributed by atoms with E-state index in [9.17, 15) is 0 Å². The topological polar surface area (TPSA) is 16.1 Å². The number of nitrogens with zero attached hydrogens (tertiary/aromatic N) is 2. The minimum atomic E-state index is 0.557. The highest BCUT2D eigenvalue weighted by atomic mass is 79.9. The molecule has 0 radical (unpaired) electrons. The molecule has 0 aliphatic heterocycles. The number of halogens is 2. The summed E-state index contributed by atoms with van der Waals surface area (Å²) in [5.41, 5.74) is 0. The number of rotatable bonds is 4. The Balaban J connectivity index is 2.95. The Labute approximate surface area is 104 Å². The molecule has 15 heavy (non-hydrogen) atoms. The molecule has 0 fully saturated rings. The van der Waals surface area contributed by atoms with E-state index in [0.717, 1.165) is 23.3 Å². The predicted molar refractivity (Wildman–Crippen MR) is 68.3 cm³/mol. The van der Waals surface area contributed by atoms with E-state index in [-0.39, 0.29) is 0 Å². The molecule has 0 unspecified atom stereocenters. The standard InChI is InChI=1S/C11H12BrClN2/c1-3-5-15(6-4-2)11-10(12)7-9(13)8-14-11/h1,7-8H,4-6H2,2H3. The number of hydrogen-bond donors (Lipinski definition) is 0. The first-order valence-corrected chi connectivity index (χ1v) is 5.85. The molecule has 0 bridgehead atoms. The van der Waals surface area contributed by atoms with Crippen LogP contribution in [-0.2, 0) is 0 Å². The van der Waals surface area contributed by atoms with Crippen LogP contribution < -0.4 is 4.90 Å². The molecular formula is C11H12BrClN2. The number of hydrogen-bond acceptors (Lipinski definition) is 2. The fourth-order valence-electron chi connectivity index (χ4n) is 1.28. The minimum Gasteiger partial charge on any atom is -0.345 e. The number of anilines is 1. The summed E-state index contributed by atoms with van der Waals surface area (Å²) in [6.07, 6.45) is 7.97. The third-order valence-corrected chi connectivity index (χ3v) is 2.65. The highest BCUT2D eigenvalue weighted by molar-refractivity contribution is 9.10. The van der Waals surface area contributed by atoms with Gasteiger partial charge in [0.1, 0.15) is 5.82 Å². The zero-order chi connectivity index (χ0) is 11.3. The van der Waals surface area contributed by atoms with Gasteiger partial charge in [-0.05, 0) is 28.4 Å². The lowest BCUT2D eigenvalue weighted by atomic mass is 10.3. The Morgan fingerprint density at radius 1 is 1.67 bits per heavy atom. The van der Waals surface area contributed by atoms with E-state index in [1.165, 1.54) is 0 Å². The SMILES string of the molecule is C#CCN(CCC)c1ncc(Cl)cc1Br. The van der Waals surface area contributed by atoms with Gasteiger partial charge in [-0.3, -0.25) is 0 Å². The lowest BCUT2D eigenvalue weighted by molar-refractivity contribution is 0.807. The second kappa shape index (κ2) is 5.99. The van der Waals surface area contributed by atoms with Crippen LogP contribution in [0, 0.1) is 12.3 Å². The zero-order valence-electron chi connectivity index (χ0n) is 8.50. The predicted octanol–water partition coefficient (Wildman–Crippen LogP) is 3.35. The molecule has 2 nitrogen and oxygen atoms in total. The van der Waals surface area contributed by atoms with Gasteiger partial charge in [-0.15, -0.1) is 6.42 Å². The summed E-state index contributed by atoms with van der Waals surface area (Å²) in [5, 5.41) is 0.614. The average Bonchev–Trinajstić information content (AvgIpc) is 2.17. The highest BCUT2D eigenvalue weighted by Gasteiger charge is 2.09. The molecule has 0 aliphatic rings. The summed E-state index contributed by atoms with van der Waals surface area (Å²) in [4.78, 5) is 6.31. The maximum Gasteiger partial charge on any atom is 0.143 e. The van der Waals surface area contributed by atoms with Crippen molar-refractivity contribution in [1.29, 1.82) is 0 Å². The van der Waals surface area contributed by atoms with E-state index < -0.39 is 0 Å². The molecule has 4 heteroatoms. The van der Waals surface area contributed by atoms with Crippen molar-refractivity contribution in [2.75, 3.05) is 18.0 Å². The summed E-state index contributed by atoms with van der Waals surface area (Å²) in [7, 11) is 0. The Morgan fingerprint density at radius 2 is 2.40 bits per heavy atom. The van der Waals surface area contributed by atoms with E-state index in [1.54, 1.807) is 6.20 Å². The molecule has 0 N–H and O–H groups in total. The van der Waals surface area contributed by atoms with Crippen molar-refractivity contribution in [3.05, 3.63) is 21.8 Å². The highest BCUT2D eigenvalue weighted by Crippen LogP contribution is 2.26. The van der Waals surface area contributed by atoms with Crippen LogP contribution in [0.5, 0.6) is 0 Å². The molecule has 1 rings (SSSR count). The minimum absolute atomic E-state index is 0.557. The van der Waals surface area contributed by atoms with Gasteiger partial charge < -0.3 is 4.90 Å². The van der Waals surface area contributed by atoms with Crippen LogP contribution in [-0.4, -0.2) is 18.1 Å². The molecule has 0 saturated carbocycles. The smallest absolute Gasteiger partial charge is 0.143 e.